The highest BCUT2D eigenvalue weighted by Gasteiger charge is 2.33. The number of rotatable bonds is 13. The Hall–Kier alpha value is -1.59. The number of hydrogen-bond donors (Lipinski definition) is 1. The van der Waals surface area contributed by atoms with Gasteiger partial charge in [-0.05, 0) is 51.0 Å². The molecule has 25 heavy (non-hydrogen) atoms. The second-order valence-electron chi connectivity index (χ2n) is 6.21. The molecule has 0 aromatic heterocycles. The highest BCUT2D eigenvalue weighted by Crippen LogP contribution is 2.23. The summed E-state index contributed by atoms with van der Waals surface area (Å²) in [6, 6.07) is 7.37. The van der Waals surface area contributed by atoms with Crippen LogP contribution in [0.2, 0.25) is 0 Å². The number of amides is 1. The SMILES string of the molecule is CCCC[C@@](C)(OCCC)C(=O)Nc1ccc(OCCOCC)cc1. The van der Waals surface area contributed by atoms with Crippen molar-refractivity contribution in [3.8, 4) is 5.75 Å². The molecule has 0 heterocycles. The van der Waals surface area contributed by atoms with Crippen LogP contribution in [0.1, 0.15) is 53.4 Å². The second kappa shape index (κ2) is 11.9. The highest BCUT2D eigenvalue weighted by atomic mass is 16.5. The fourth-order valence-corrected chi connectivity index (χ4v) is 2.35. The third-order valence-corrected chi connectivity index (χ3v) is 3.93. The summed E-state index contributed by atoms with van der Waals surface area (Å²) >= 11 is 0. The molecule has 5 heteroatoms. The van der Waals surface area contributed by atoms with E-state index in [-0.39, 0.29) is 5.91 Å². The number of hydrogen-bond acceptors (Lipinski definition) is 4. The van der Waals surface area contributed by atoms with Gasteiger partial charge in [0.1, 0.15) is 18.0 Å². The summed E-state index contributed by atoms with van der Waals surface area (Å²) in [7, 11) is 0. The van der Waals surface area contributed by atoms with Gasteiger partial charge >= 0.3 is 0 Å². The van der Waals surface area contributed by atoms with E-state index in [2.05, 4.69) is 12.2 Å². The van der Waals surface area contributed by atoms with Crippen molar-refractivity contribution in [3.05, 3.63) is 24.3 Å². The van der Waals surface area contributed by atoms with Crippen LogP contribution in [0.4, 0.5) is 5.69 Å². The van der Waals surface area contributed by atoms with Crippen molar-refractivity contribution in [2.75, 3.05) is 31.7 Å². The fourth-order valence-electron chi connectivity index (χ4n) is 2.35. The Morgan fingerprint density at radius 1 is 1.04 bits per heavy atom. The zero-order chi connectivity index (χ0) is 18.5. The van der Waals surface area contributed by atoms with Crippen molar-refractivity contribution in [3.63, 3.8) is 0 Å². The lowest BCUT2D eigenvalue weighted by molar-refractivity contribution is -0.140. The molecule has 0 saturated heterocycles. The Morgan fingerprint density at radius 3 is 2.36 bits per heavy atom. The molecular formula is C20H33NO4. The van der Waals surface area contributed by atoms with E-state index >= 15 is 0 Å². The summed E-state index contributed by atoms with van der Waals surface area (Å²) < 4.78 is 16.7. The first-order valence-electron chi connectivity index (χ1n) is 9.31. The van der Waals surface area contributed by atoms with Crippen LogP contribution in [0, 0.1) is 0 Å². The fraction of sp³-hybridized carbons (Fsp3) is 0.650. The lowest BCUT2D eigenvalue weighted by Crippen LogP contribution is -2.43. The van der Waals surface area contributed by atoms with Crippen LogP contribution in [0.25, 0.3) is 0 Å². The molecular weight excluding hydrogens is 318 g/mol. The van der Waals surface area contributed by atoms with Gasteiger partial charge in [-0.25, -0.2) is 0 Å². The van der Waals surface area contributed by atoms with Gasteiger partial charge in [0, 0.05) is 18.9 Å². The third-order valence-electron chi connectivity index (χ3n) is 3.93. The number of ether oxygens (including phenoxy) is 3. The molecule has 1 aromatic carbocycles. The molecule has 0 saturated carbocycles. The maximum Gasteiger partial charge on any atom is 0.256 e. The average Bonchev–Trinajstić information content (AvgIpc) is 2.63. The smallest absolute Gasteiger partial charge is 0.256 e. The van der Waals surface area contributed by atoms with Crippen LogP contribution < -0.4 is 10.1 Å². The number of nitrogens with one attached hydrogen (secondary N) is 1. The minimum Gasteiger partial charge on any atom is -0.491 e. The predicted octanol–water partition coefficient (Wildman–Crippen LogP) is 4.42. The van der Waals surface area contributed by atoms with Gasteiger partial charge in [-0.1, -0.05) is 26.7 Å². The van der Waals surface area contributed by atoms with Crippen molar-refractivity contribution in [2.45, 2.75) is 59.0 Å². The molecule has 5 nitrogen and oxygen atoms in total. The van der Waals surface area contributed by atoms with E-state index in [0.29, 0.717) is 32.8 Å². The molecule has 0 aliphatic carbocycles. The van der Waals surface area contributed by atoms with Crippen LogP contribution >= 0.6 is 0 Å². The third kappa shape index (κ3) is 7.88. The van der Waals surface area contributed by atoms with E-state index < -0.39 is 5.60 Å². The molecule has 0 aliphatic heterocycles. The quantitative estimate of drug-likeness (QED) is 0.535. The molecule has 0 spiro atoms. The Kier molecular flexibility index (Phi) is 10.2. The summed E-state index contributed by atoms with van der Waals surface area (Å²) in [4.78, 5) is 12.7. The van der Waals surface area contributed by atoms with Gasteiger partial charge in [-0.2, -0.15) is 0 Å². The molecule has 1 aromatic rings. The molecule has 142 valence electrons. The van der Waals surface area contributed by atoms with Crippen molar-refractivity contribution in [2.24, 2.45) is 0 Å². The topological polar surface area (TPSA) is 56.8 Å². The first-order chi connectivity index (χ1) is 12.1. The molecule has 1 N–H and O–H groups in total. The lowest BCUT2D eigenvalue weighted by atomic mass is 9.97. The van der Waals surface area contributed by atoms with Gasteiger partial charge in [-0.15, -0.1) is 0 Å². The van der Waals surface area contributed by atoms with Crippen LogP contribution in [0.5, 0.6) is 5.75 Å². The second-order valence-corrected chi connectivity index (χ2v) is 6.21. The normalized spacial score (nSPS) is 13.3. The van der Waals surface area contributed by atoms with Crippen molar-refractivity contribution in [1.29, 1.82) is 0 Å². The summed E-state index contributed by atoms with van der Waals surface area (Å²) in [5, 5.41) is 2.96. The standard InChI is InChI=1S/C20H33NO4/c1-5-8-13-20(4,25-14-6-2)19(22)21-17-9-11-18(12-10-17)24-16-15-23-7-3/h9-12H,5-8,13-16H2,1-4H3,(H,21,22)/t20-/m1/s1. The number of benzene rings is 1. The van der Waals surface area contributed by atoms with E-state index in [9.17, 15) is 4.79 Å². The summed E-state index contributed by atoms with van der Waals surface area (Å²) in [6.07, 6.45) is 3.60. The van der Waals surface area contributed by atoms with Crippen LogP contribution in [0.3, 0.4) is 0 Å². The molecule has 0 fully saturated rings. The van der Waals surface area contributed by atoms with Gasteiger partial charge in [0.15, 0.2) is 0 Å². The molecule has 1 rings (SSSR count). The summed E-state index contributed by atoms with van der Waals surface area (Å²) in [5.74, 6) is 0.660. The van der Waals surface area contributed by atoms with Crippen molar-refractivity contribution < 1.29 is 19.0 Å². The van der Waals surface area contributed by atoms with E-state index in [1.54, 1.807) is 0 Å². The van der Waals surface area contributed by atoms with E-state index in [0.717, 1.165) is 30.7 Å². The lowest BCUT2D eigenvalue weighted by Gasteiger charge is -2.28. The van der Waals surface area contributed by atoms with Gasteiger partial charge < -0.3 is 19.5 Å². The van der Waals surface area contributed by atoms with Crippen LogP contribution in [0.15, 0.2) is 24.3 Å². The van der Waals surface area contributed by atoms with Gasteiger partial charge in [-0.3, -0.25) is 4.79 Å². The van der Waals surface area contributed by atoms with E-state index in [1.807, 2.05) is 45.0 Å². The average molecular weight is 351 g/mol. The van der Waals surface area contributed by atoms with Gasteiger partial charge in [0.25, 0.3) is 5.91 Å². The summed E-state index contributed by atoms with van der Waals surface area (Å²) in [5.41, 5.74) is -0.0523. The zero-order valence-electron chi connectivity index (χ0n) is 16.1. The first kappa shape index (κ1) is 21.5. The van der Waals surface area contributed by atoms with E-state index in [1.165, 1.54) is 0 Å². The Morgan fingerprint density at radius 2 is 1.76 bits per heavy atom. The van der Waals surface area contributed by atoms with E-state index in [4.69, 9.17) is 14.2 Å². The minimum atomic E-state index is -0.793. The Labute approximate surface area is 152 Å². The van der Waals surface area contributed by atoms with Crippen molar-refractivity contribution in [1.82, 2.24) is 0 Å². The first-order valence-corrected chi connectivity index (χ1v) is 9.31. The number of carbonyl (C=O) groups excluding carboxylic acids is 1. The largest absolute Gasteiger partial charge is 0.491 e. The molecule has 1 atom stereocenters. The van der Waals surface area contributed by atoms with Gasteiger partial charge in [0.05, 0.1) is 6.61 Å². The molecule has 1 amide bonds. The van der Waals surface area contributed by atoms with Crippen LogP contribution in [-0.2, 0) is 14.3 Å². The van der Waals surface area contributed by atoms with Gasteiger partial charge in [0.2, 0.25) is 0 Å². The Bertz CT molecular complexity index is 479. The number of unbranched alkanes of at least 4 members (excludes halogenated alkanes) is 1. The predicted molar refractivity (Wildman–Crippen MR) is 101 cm³/mol. The molecule has 0 aliphatic rings. The highest BCUT2D eigenvalue weighted by molar-refractivity contribution is 5.97. The zero-order valence-corrected chi connectivity index (χ0v) is 16.1. The monoisotopic (exact) mass is 351 g/mol. The number of anilines is 1. The molecule has 0 bridgehead atoms. The molecule has 0 radical (unpaired) electrons. The minimum absolute atomic E-state index is 0.0978. The Balaban J connectivity index is 2.60. The maximum absolute atomic E-state index is 12.7. The maximum atomic E-state index is 12.7. The van der Waals surface area contributed by atoms with Crippen LogP contribution in [-0.4, -0.2) is 37.9 Å². The van der Waals surface area contributed by atoms with Crippen molar-refractivity contribution >= 4 is 11.6 Å². The number of carbonyl (C=O) groups is 1. The summed E-state index contributed by atoms with van der Waals surface area (Å²) in [6.45, 7) is 10.3. The molecule has 0 unspecified atom stereocenters.